The summed E-state index contributed by atoms with van der Waals surface area (Å²) in [6, 6.07) is 16.5. The van der Waals surface area contributed by atoms with Crippen molar-refractivity contribution < 1.29 is 9.32 Å². The molecule has 2 aromatic heterocycles. The number of fused-ring (bicyclic) bond motifs is 1. The smallest absolute Gasteiger partial charge is 0.301 e. The number of aromatic nitrogens is 3. The molecule has 2 heterocycles. The third-order valence-corrected chi connectivity index (χ3v) is 6.53. The lowest BCUT2D eigenvalue weighted by atomic mass is 9.94. The normalized spacial score (nSPS) is 17.1. The predicted molar refractivity (Wildman–Crippen MR) is 140 cm³/mol. The van der Waals surface area contributed by atoms with Gasteiger partial charge in [0.15, 0.2) is 17.0 Å². The molecule has 0 fully saturated rings. The van der Waals surface area contributed by atoms with Crippen LogP contribution < -0.4 is 5.56 Å². The number of hydrogen-bond donors (Lipinski definition) is 0. The van der Waals surface area contributed by atoms with Gasteiger partial charge in [-0.15, -0.1) is 0 Å². The van der Waals surface area contributed by atoms with Crippen LogP contribution in [0.1, 0.15) is 36.8 Å². The third-order valence-electron chi connectivity index (χ3n) is 6.53. The van der Waals surface area contributed by atoms with E-state index in [0.29, 0.717) is 22.4 Å². The molecule has 7 heteroatoms. The van der Waals surface area contributed by atoms with E-state index in [-0.39, 0.29) is 35.1 Å². The number of nitrogens with zero attached hydrogens (tertiary/aromatic N) is 4. The van der Waals surface area contributed by atoms with Crippen LogP contribution in [0.5, 0.6) is 0 Å². The van der Waals surface area contributed by atoms with E-state index in [2.05, 4.69) is 23.3 Å². The first-order valence-electron chi connectivity index (χ1n) is 12.1. The molecule has 0 N–H and O–H groups in total. The summed E-state index contributed by atoms with van der Waals surface area (Å²) >= 11 is 0. The summed E-state index contributed by atoms with van der Waals surface area (Å²) in [5, 5.41) is 9.11. The summed E-state index contributed by atoms with van der Waals surface area (Å²) in [7, 11) is 0. The highest BCUT2D eigenvalue weighted by molar-refractivity contribution is 6.08. The molecule has 1 amide bonds. The molecule has 0 spiro atoms. The summed E-state index contributed by atoms with van der Waals surface area (Å²) in [5.41, 5.74) is 2.08. The first-order chi connectivity index (χ1) is 17.4. The van der Waals surface area contributed by atoms with Crippen molar-refractivity contribution in [3.8, 4) is 17.0 Å². The van der Waals surface area contributed by atoms with Crippen molar-refractivity contribution in [3.05, 3.63) is 101 Å². The Bertz CT molecular complexity index is 1530. The molecule has 0 aliphatic heterocycles. The van der Waals surface area contributed by atoms with Gasteiger partial charge in [0.25, 0.3) is 5.91 Å². The largest absolute Gasteiger partial charge is 0.355 e. The van der Waals surface area contributed by atoms with Crippen LogP contribution in [0.2, 0.25) is 0 Å². The van der Waals surface area contributed by atoms with Crippen molar-refractivity contribution in [2.24, 2.45) is 5.92 Å². The highest BCUT2D eigenvalue weighted by Crippen LogP contribution is 2.31. The lowest BCUT2D eigenvalue weighted by Gasteiger charge is -2.37. The van der Waals surface area contributed by atoms with Crippen LogP contribution in [-0.4, -0.2) is 37.8 Å². The second-order valence-corrected chi connectivity index (χ2v) is 9.43. The summed E-state index contributed by atoms with van der Waals surface area (Å²) in [5.74, 6) is 0.189. The summed E-state index contributed by atoms with van der Waals surface area (Å²) in [6.45, 7) is 8.01. The van der Waals surface area contributed by atoms with Crippen LogP contribution in [0.3, 0.4) is 0 Å². The molecular formula is C29H28N4O3. The van der Waals surface area contributed by atoms with Crippen molar-refractivity contribution >= 4 is 16.8 Å². The maximum absolute atomic E-state index is 14.3. The molecule has 0 radical (unpaired) electrons. The summed E-state index contributed by atoms with van der Waals surface area (Å²) < 4.78 is 6.93. The van der Waals surface area contributed by atoms with Crippen molar-refractivity contribution in [2.75, 3.05) is 0 Å². The van der Waals surface area contributed by atoms with Crippen molar-refractivity contribution in [3.63, 3.8) is 0 Å². The Labute approximate surface area is 209 Å². The molecule has 2 atom stereocenters. The minimum absolute atomic E-state index is 0.0728. The van der Waals surface area contributed by atoms with Crippen LogP contribution in [0, 0.1) is 12.8 Å². The zero-order chi connectivity index (χ0) is 25.4. The molecule has 7 nitrogen and oxygen atoms in total. The number of carbonyl (C=O) groups excluding carboxylic acids is 1. The van der Waals surface area contributed by atoms with Gasteiger partial charge in [-0.3, -0.25) is 9.59 Å². The maximum atomic E-state index is 14.3. The van der Waals surface area contributed by atoms with Crippen LogP contribution in [-0.2, 0) is 0 Å². The van der Waals surface area contributed by atoms with E-state index in [1.54, 1.807) is 12.1 Å². The van der Waals surface area contributed by atoms with Crippen molar-refractivity contribution in [1.29, 1.82) is 0 Å². The van der Waals surface area contributed by atoms with Crippen LogP contribution in [0.4, 0.5) is 0 Å². The molecule has 5 rings (SSSR count). The molecule has 0 saturated heterocycles. The van der Waals surface area contributed by atoms with Gasteiger partial charge >= 0.3 is 5.56 Å². The minimum atomic E-state index is -0.443. The average Bonchev–Trinajstić information content (AvgIpc) is 3.32. The predicted octanol–water partition coefficient (Wildman–Crippen LogP) is 5.33. The standard InChI is InChI=1S/C29H28N4O3/c1-18(2)32(23-13-9-8-10-20(23)4)28(34)25-24-26(31-36-27(24)21-11-6-5-7-12-21)29(35)33(30-25)22-16-14-19(3)15-17-22/h5-18,20,23H,1-4H3. The number of amides is 1. The van der Waals surface area contributed by atoms with E-state index in [1.807, 2.05) is 86.4 Å². The Kier molecular flexibility index (Phi) is 6.14. The molecule has 182 valence electrons. The van der Waals surface area contributed by atoms with Gasteiger partial charge in [0, 0.05) is 11.6 Å². The Morgan fingerprint density at radius 3 is 2.39 bits per heavy atom. The number of hydrogen-bond acceptors (Lipinski definition) is 5. The maximum Gasteiger partial charge on any atom is 0.301 e. The van der Waals surface area contributed by atoms with Crippen molar-refractivity contribution in [1.82, 2.24) is 19.8 Å². The Balaban J connectivity index is 1.77. The van der Waals surface area contributed by atoms with E-state index >= 15 is 0 Å². The second-order valence-electron chi connectivity index (χ2n) is 9.43. The third kappa shape index (κ3) is 4.06. The molecule has 4 aromatic rings. The van der Waals surface area contributed by atoms with Crippen LogP contribution in [0.25, 0.3) is 27.9 Å². The molecule has 36 heavy (non-hydrogen) atoms. The number of carbonyl (C=O) groups is 1. The van der Waals surface area contributed by atoms with Gasteiger partial charge in [0.05, 0.1) is 17.1 Å². The highest BCUT2D eigenvalue weighted by atomic mass is 16.5. The number of benzene rings is 2. The number of aryl methyl sites for hydroxylation is 1. The Hall–Kier alpha value is -4.26. The van der Waals surface area contributed by atoms with Crippen LogP contribution >= 0.6 is 0 Å². The van der Waals surface area contributed by atoms with Gasteiger partial charge in [-0.25, -0.2) is 0 Å². The van der Waals surface area contributed by atoms with E-state index in [4.69, 9.17) is 4.52 Å². The topological polar surface area (TPSA) is 81.2 Å². The quantitative estimate of drug-likeness (QED) is 0.386. The lowest BCUT2D eigenvalue weighted by molar-refractivity contribution is 0.0612. The monoisotopic (exact) mass is 480 g/mol. The van der Waals surface area contributed by atoms with Crippen molar-refractivity contribution in [2.45, 2.75) is 39.8 Å². The fourth-order valence-corrected chi connectivity index (χ4v) is 4.64. The number of rotatable bonds is 5. The Morgan fingerprint density at radius 2 is 1.72 bits per heavy atom. The van der Waals surface area contributed by atoms with Gasteiger partial charge in [0.2, 0.25) is 0 Å². The summed E-state index contributed by atoms with van der Waals surface area (Å²) in [6.07, 6.45) is 8.06. The SMILES string of the molecule is Cc1ccc(-n2nc(C(=O)N(C(C)C)C3C=CC=CC3C)c3c(-c4ccccc4)onc3c2=O)cc1. The zero-order valence-electron chi connectivity index (χ0n) is 20.8. The Morgan fingerprint density at radius 1 is 1.03 bits per heavy atom. The second kappa shape index (κ2) is 9.41. The molecule has 0 bridgehead atoms. The molecule has 0 saturated carbocycles. The lowest BCUT2D eigenvalue weighted by Crippen LogP contribution is -2.47. The fourth-order valence-electron chi connectivity index (χ4n) is 4.64. The first kappa shape index (κ1) is 23.5. The van der Waals surface area contributed by atoms with E-state index in [1.165, 1.54) is 4.68 Å². The molecule has 1 aliphatic carbocycles. The van der Waals surface area contributed by atoms with Gasteiger partial charge in [-0.2, -0.15) is 9.78 Å². The van der Waals surface area contributed by atoms with E-state index in [9.17, 15) is 9.59 Å². The molecular weight excluding hydrogens is 452 g/mol. The van der Waals surface area contributed by atoms with Gasteiger partial charge in [-0.05, 0) is 38.8 Å². The average molecular weight is 481 g/mol. The highest BCUT2D eigenvalue weighted by Gasteiger charge is 2.34. The van der Waals surface area contributed by atoms with Gasteiger partial charge < -0.3 is 9.42 Å². The fraction of sp³-hybridized carbons (Fsp3) is 0.241. The first-order valence-corrected chi connectivity index (χ1v) is 12.1. The van der Waals surface area contributed by atoms with Crippen LogP contribution in [0.15, 0.2) is 88.2 Å². The molecule has 2 aromatic carbocycles. The number of allylic oxidation sites excluding steroid dienone is 2. The van der Waals surface area contributed by atoms with E-state index < -0.39 is 5.56 Å². The summed E-state index contributed by atoms with van der Waals surface area (Å²) in [4.78, 5) is 29.6. The van der Waals surface area contributed by atoms with Gasteiger partial charge in [0.1, 0.15) is 0 Å². The molecule has 2 unspecified atom stereocenters. The molecule has 1 aliphatic rings. The zero-order valence-corrected chi connectivity index (χ0v) is 20.8. The van der Waals surface area contributed by atoms with Gasteiger partial charge in [-0.1, -0.05) is 84.4 Å². The minimum Gasteiger partial charge on any atom is -0.355 e. The van der Waals surface area contributed by atoms with E-state index in [0.717, 1.165) is 5.56 Å².